The Kier molecular flexibility index (Phi) is 16.7. The summed E-state index contributed by atoms with van der Waals surface area (Å²) in [4.78, 5) is 86.4. The highest BCUT2D eigenvalue weighted by molar-refractivity contribution is 5.86. The van der Waals surface area contributed by atoms with Crippen LogP contribution in [0.2, 0.25) is 0 Å². The lowest BCUT2D eigenvalue weighted by molar-refractivity contribution is -0.202. The Morgan fingerprint density at radius 2 is 1.20 bits per heavy atom. The number of rotatable bonds is 23. The molecule has 334 valence electrons. The van der Waals surface area contributed by atoms with Crippen LogP contribution in [-0.4, -0.2) is 176 Å². The predicted octanol–water partition coefficient (Wildman–Crippen LogP) is -0.0668. The molecule has 0 spiro atoms. The number of carbonyl (C=O) groups excluding carboxylic acids is 2. The number of aliphatic carboxylic acids is 5. The van der Waals surface area contributed by atoms with Gasteiger partial charge in [-0.3, -0.25) is 48.3 Å². The Morgan fingerprint density at radius 3 is 1.76 bits per heavy atom. The third-order valence-corrected chi connectivity index (χ3v) is 14.4. The van der Waals surface area contributed by atoms with Gasteiger partial charge in [-0.25, -0.2) is 0 Å². The molecule has 0 bridgehead atoms. The summed E-state index contributed by atoms with van der Waals surface area (Å²) < 4.78 is 0. The van der Waals surface area contributed by atoms with E-state index in [9.17, 15) is 59.1 Å². The molecule has 0 aromatic heterocycles. The summed E-state index contributed by atoms with van der Waals surface area (Å²) in [5, 5.41) is 75.4. The highest BCUT2D eigenvalue weighted by atomic mass is 16.4. The van der Waals surface area contributed by atoms with Crippen LogP contribution in [0, 0.1) is 46.3 Å². The lowest BCUT2D eigenvalue weighted by atomic mass is 9.43. The number of amides is 2. The van der Waals surface area contributed by atoms with E-state index in [1.54, 1.807) is 0 Å². The van der Waals surface area contributed by atoms with E-state index in [2.05, 4.69) is 31.4 Å². The Hall–Kier alpha value is -3.91. The van der Waals surface area contributed by atoms with E-state index in [1.165, 1.54) is 9.80 Å². The van der Waals surface area contributed by atoms with Crippen LogP contribution in [0.5, 0.6) is 0 Å². The maximum Gasteiger partial charge on any atom is 0.317 e. The number of fused-ring (bicyclic) bond motifs is 5. The second kappa shape index (κ2) is 20.6. The first-order chi connectivity index (χ1) is 27.6. The molecule has 0 aliphatic heterocycles. The van der Waals surface area contributed by atoms with E-state index in [0.717, 1.165) is 24.2 Å². The van der Waals surface area contributed by atoms with Crippen molar-refractivity contribution in [2.75, 3.05) is 65.4 Å². The number of carboxylic acids is 5. The van der Waals surface area contributed by atoms with Crippen LogP contribution in [0.4, 0.5) is 0 Å². The zero-order valence-corrected chi connectivity index (χ0v) is 34.5. The second-order valence-corrected chi connectivity index (χ2v) is 18.1. The topological polar surface area (TPSA) is 295 Å². The smallest absolute Gasteiger partial charge is 0.317 e. The molecular formula is C40H65N5O14. The first kappa shape index (κ1) is 47.8. The fourth-order valence-corrected chi connectivity index (χ4v) is 11.6. The van der Waals surface area contributed by atoms with Gasteiger partial charge in [0.2, 0.25) is 11.8 Å². The van der Waals surface area contributed by atoms with E-state index < -0.39 is 92.0 Å². The van der Waals surface area contributed by atoms with Gasteiger partial charge in [0.05, 0.1) is 51.5 Å². The molecule has 19 heteroatoms. The fourth-order valence-electron chi connectivity index (χ4n) is 11.6. The first-order valence-corrected chi connectivity index (χ1v) is 20.8. The van der Waals surface area contributed by atoms with Gasteiger partial charge < -0.3 is 46.4 Å². The van der Waals surface area contributed by atoms with Gasteiger partial charge in [-0.1, -0.05) is 20.8 Å². The van der Waals surface area contributed by atoms with Crippen LogP contribution in [0.25, 0.3) is 0 Å². The fraction of sp³-hybridized carbons (Fsp3) is 0.825. The Morgan fingerprint density at radius 1 is 0.661 bits per heavy atom. The minimum Gasteiger partial charge on any atom is -0.481 e. The number of aliphatic hydroxyl groups is 2. The van der Waals surface area contributed by atoms with Gasteiger partial charge in [0.15, 0.2) is 0 Å². The maximum atomic E-state index is 13.1. The minimum absolute atomic E-state index is 0.0293. The minimum atomic E-state index is -1.26. The molecule has 0 aromatic carbocycles. The summed E-state index contributed by atoms with van der Waals surface area (Å²) >= 11 is 0. The maximum absolute atomic E-state index is 13.1. The summed E-state index contributed by atoms with van der Waals surface area (Å²) in [6.45, 7) is 3.25. The standard InChI is InChI=1S/C40H65N5O14/c1-23(4-7-33(50)51)26-5-6-27-38-28(16-30(47)40(26,27)3)39(2)9-8-25(14-24(39)15-29(38)46)42-31(48)17-41-32(49)18-44(20-35(54)55)12-10-43(19-34(52)53)11-13-45(21-36(56)57)22-37(58)59/h23-30,38,46-47H,4-22H2,1-3H3,(H,41,49)(H,42,48)(H,50,51)(H,52,53)(H,54,55)(H,56,57)(H,58,59)/t23-,24+,25+,26-,27?,28?,29?,30+,38?,39+,40-/m1/s1. The van der Waals surface area contributed by atoms with Gasteiger partial charge in [0, 0.05) is 38.6 Å². The van der Waals surface area contributed by atoms with E-state index in [0.29, 0.717) is 32.1 Å². The van der Waals surface area contributed by atoms with Crippen molar-refractivity contribution in [3.05, 3.63) is 0 Å². The Balaban J connectivity index is 1.28. The Labute approximate surface area is 344 Å². The average molecular weight is 840 g/mol. The summed E-state index contributed by atoms with van der Waals surface area (Å²) in [6.07, 6.45) is 4.56. The normalized spacial score (nSPS) is 31.8. The average Bonchev–Trinajstić information content (AvgIpc) is 3.49. The summed E-state index contributed by atoms with van der Waals surface area (Å²) in [6, 6.07) is -0.198. The van der Waals surface area contributed by atoms with Crippen LogP contribution in [-0.2, 0) is 33.6 Å². The molecule has 0 aromatic rings. The molecule has 9 N–H and O–H groups in total. The van der Waals surface area contributed by atoms with Gasteiger partial charge in [-0.15, -0.1) is 0 Å². The van der Waals surface area contributed by atoms with Crippen LogP contribution >= 0.6 is 0 Å². The molecule has 4 aliphatic carbocycles. The molecule has 0 radical (unpaired) electrons. The number of hydrogen-bond donors (Lipinski definition) is 9. The highest BCUT2D eigenvalue weighted by Gasteiger charge is 2.65. The molecule has 0 heterocycles. The van der Waals surface area contributed by atoms with Crippen LogP contribution < -0.4 is 10.6 Å². The summed E-state index contributed by atoms with van der Waals surface area (Å²) in [7, 11) is 0. The van der Waals surface area contributed by atoms with Gasteiger partial charge in [-0.2, -0.15) is 0 Å². The van der Waals surface area contributed by atoms with Crippen LogP contribution in [0.1, 0.15) is 78.6 Å². The van der Waals surface area contributed by atoms with Gasteiger partial charge in [-0.05, 0) is 97.7 Å². The van der Waals surface area contributed by atoms with Gasteiger partial charge in [0.1, 0.15) is 0 Å². The molecule has 4 aliphatic rings. The largest absolute Gasteiger partial charge is 0.481 e. The zero-order chi connectivity index (χ0) is 43.8. The van der Waals surface area contributed by atoms with Crippen molar-refractivity contribution in [2.45, 2.75) is 96.8 Å². The number of aliphatic hydroxyl groups excluding tert-OH is 2. The number of nitrogens with zero attached hydrogens (tertiary/aromatic N) is 3. The van der Waals surface area contributed by atoms with E-state index in [-0.39, 0.29) is 86.1 Å². The molecular weight excluding hydrogens is 774 g/mol. The zero-order valence-electron chi connectivity index (χ0n) is 34.5. The number of nitrogens with one attached hydrogen (secondary N) is 2. The number of carbonyl (C=O) groups is 7. The number of carboxylic acid groups (broad SMARTS) is 5. The van der Waals surface area contributed by atoms with Crippen LogP contribution in [0.15, 0.2) is 0 Å². The van der Waals surface area contributed by atoms with Gasteiger partial charge in [0.25, 0.3) is 0 Å². The van der Waals surface area contributed by atoms with Crippen molar-refractivity contribution < 1.29 is 69.3 Å². The quantitative estimate of drug-likeness (QED) is 0.0651. The number of hydrogen-bond acceptors (Lipinski definition) is 12. The van der Waals surface area contributed by atoms with Crippen molar-refractivity contribution in [3.63, 3.8) is 0 Å². The van der Waals surface area contributed by atoms with Crippen molar-refractivity contribution >= 4 is 41.7 Å². The lowest BCUT2D eigenvalue weighted by Gasteiger charge is -2.63. The van der Waals surface area contributed by atoms with Crippen molar-refractivity contribution in [3.8, 4) is 0 Å². The molecule has 11 atom stereocenters. The lowest BCUT2D eigenvalue weighted by Crippen LogP contribution is -2.63. The van der Waals surface area contributed by atoms with Crippen LogP contribution in [0.3, 0.4) is 0 Å². The molecule has 4 unspecified atom stereocenters. The SMILES string of the molecule is C[C@H](CCC(=O)O)[C@H]1CCC2C3C(O)C[C@@H]4C[C@@H](NC(=O)CNC(=O)CN(CCN(CCN(CC(=O)O)CC(=O)O)CC(=O)O)CC(=O)O)CC[C@]4(C)C3C[C@H](O)[C@@]21C. The van der Waals surface area contributed by atoms with Crippen molar-refractivity contribution in [1.82, 2.24) is 25.3 Å². The summed E-state index contributed by atoms with van der Waals surface area (Å²) in [5.74, 6) is -6.20. The molecule has 2 amide bonds. The molecule has 4 rings (SSSR count). The monoisotopic (exact) mass is 839 g/mol. The van der Waals surface area contributed by atoms with E-state index >= 15 is 0 Å². The van der Waals surface area contributed by atoms with Crippen molar-refractivity contribution in [1.29, 1.82) is 0 Å². The first-order valence-electron chi connectivity index (χ1n) is 20.8. The molecule has 59 heavy (non-hydrogen) atoms. The highest BCUT2D eigenvalue weighted by Crippen LogP contribution is 2.68. The summed E-state index contributed by atoms with van der Waals surface area (Å²) in [5.41, 5.74) is -0.555. The molecule has 4 fully saturated rings. The molecule has 19 nitrogen and oxygen atoms in total. The predicted molar refractivity (Wildman–Crippen MR) is 209 cm³/mol. The van der Waals surface area contributed by atoms with E-state index in [4.69, 9.17) is 10.2 Å². The third kappa shape index (κ3) is 12.3. The molecule has 4 saturated carbocycles. The molecule has 0 saturated heterocycles. The Bertz CT molecular complexity index is 1530. The second-order valence-electron chi connectivity index (χ2n) is 18.1. The van der Waals surface area contributed by atoms with E-state index in [1.807, 2.05) is 0 Å². The van der Waals surface area contributed by atoms with Crippen molar-refractivity contribution in [2.24, 2.45) is 46.3 Å². The third-order valence-electron chi connectivity index (χ3n) is 14.4. The van der Waals surface area contributed by atoms with Gasteiger partial charge >= 0.3 is 29.8 Å².